The molecular weight excluding hydrogens is 217 g/mol. The Hall–Kier alpha value is -0.800. The van der Waals surface area contributed by atoms with Gasteiger partial charge >= 0.3 is 6.18 Å². The molecule has 0 aromatic heterocycles. The number of hydrogen-bond donors (Lipinski definition) is 0. The van der Waals surface area contributed by atoms with Gasteiger partial charge in [0.05, 0.1) is 5.92 Å². The SMILES string of the molecule is C=CCCC(=O)C1CCC(C(F)(F)F)CC1. The van der Waals surface area contributed by atoms with E-state index < -0.39 is 12.1 Å². The lowest BCUT2D eigenvalue weighted by Gasteiger charge is -2.28. The number of allylic oxidation sites excluding steroid dienone is 1. The molecular formula is C12H17F3O. The minimum Gasteiger partial charge on any atom is -0.299 e. The van der Waals surface area contributed by atoms with Crippen molar-refractivity contribution in [1.82, 2.24) is 0 Å². The summed E-state index contributed by atoms with van der Waals surface area (Å²) in [6.07, 6.45) is -0.389. The number of hydrogen-bond acceptors (Lipinski definition) is 1. The normalized spacial score (nSPS) is 26.4. The van der Waals surface area contributed by atoms with Gasteiger partial charge in [-0.3, -0.25) is 4.79 Å². The van der Waals surface area contributed by atoms with E-state index in [1.165, 1.54) is 0 Å². The molecule has 0 radical (unpaired) electrons. The van der Waals surface area contributed by atoms with E-state index in [1.807, 2.05) is 0 Å². The number of ketones is 1. The van der Waals surface area contributed by atoms with Gasteiger partial charge in [-0.15, -0.1) is 6.58 Å². The van der Waals surface area contributed by atoms with Crippen LogP contribution in [0.2, 0.25) is 0 Å². The third-order valence-corrected chi connectivity index (χ3v) is 3.24. The van der Waals surface area contributed by atoms with Crippen LogP contribution < -0.4 is 0 Å². The number of carbonyl (C=O) groups excluding carboxylic acids is 1. The largest absolute Gasteiger partial charge is 0.391 e. The summed E-state index contributed by atoms with van der Waals surface area (Å²) in [6.45, 7) is 3.52. The summed E-state index contributed by atoms with van der Waals surface area (Å²) in [5.41, 5.74) is 0. The van der Waals surface area contributed by atoms with E-state index in [9.17, 15) is 18.0 Å². The highest BCUT2D eigenvalue weighted by Crippen LogP contribution is 2.39. The molecule has 16 heavy (non-hydrogen) atoms. The fraction of sp³-hybridized carbons (Fsp3) is 0.750. The molecule has 0 aliphatic heterocycles. The van der Waals surface area contributed by atoms with E-state index in [0.717, 1.165) is 0 Å². The Kier molecular flexibility index (Phi) is 4.56. The Labute approximate surface area is 93.7 Å². The van der Waals surface area contributed by atoms with Crippen molar-refractivity contribution in [3.05, 3.63) is 12.7 Å². The molecule has 0 aromatic carbocycles. The van der Waals surface area contributed by atoms with Crippen molar-refractivity contribution < 1.29 is 18.0 Å². The Bertz CT molecular complexity index is 249. The predicted molar refractivity (Wildman–Crippen MR) is 55.9 cm³/mol. The van der Waals surface area contributed by atoms with Gasteiger partial charge in [0.25, 0.3) is 0 Å². The summed E-state index contributed by atoms with van der Waals surface area (Å²) in [5, 5.41) is 0. The summed E-state index contributed by atoms with van der Waals surface area (Å²) in [4.78, 5) is 11.6. The molecule has 0 atom stereocenters. The Morgan fingerprint density at radius 3 is 2.25 bits per heavy atom. The molecule has 0 amide bonds. The van der Waals surface area contributed by atoms with Gasteiger partial charge in [0.2, 0.25) is 0 Å². The van der Waals surface area contributed by atoms with E-state index in [1.54, 1.807) is 6.08 Å². The molecule has 1 aliphatic carbocycles. The lowest BCUT2D eigenvalue weighted by Crippen LogP contribution is -2.30. The zero-order chi connectivity index (χ0) is 12.2. The zero-order valence-corrected chi connectivity index (χ0v) is 9.22. The van der Waals surface area contributed by atoms with Crippen LogP contribution in [-0.2, 0) is 4.79 Å². The van der Waals surface area contributed by atoms with Gasteiger partial charge in [0.15, 0.2) is 0 Å². The number of alkyl halides is 3. The van der Waals surface area contributed by atoms with Crippen molar-refractivity contribution in [1.29, 1.82) is 0 Å². The Morgan fingerprint density at radius 1 is 1.25 bits per heavy atom. The second-order valence-electron chi connectivity index (χ2n) is 4.38. The van der Waals surface area contributed by atoms with Crippen molar-refractivity contribution >= 4 is 5.78 Å². The van der Waals surface area contributed by atoms with Crippen molar-refractivity contribution in [3.63, 3.8) is 0 Å². The second kappa shape index (κ2) is 5.51. The monoisotopic (exact) mass is 234 g/mol. The van der Waals surface area contributed by atoms with Crippen molar-refractivity contribution in [2.45, 2.75) is 44.7 Å². The molecule has 92 valence electrons. The first-order valence-corrected chi connectivity index (χ1v) is 5.65. The smallest absolute Gasteiger partial charge is 0.299 e. The molecule has 0 aromatic rings. The maximum atomic E-state index is 12.4. The first-order chi connectivity index (χ1) is 7.45. The van der Waals surface area contributed by atoms with Crippen molar-refractivity contribution in [2.75, 3.05) is 0 Å². The van der Waals surface area contributed by atoms with E-state index >= 15 is 0 Å². The van der Waals surface area contributed by atoms with Crippen molar-refractivity contribution in [3.8, 4) is 0 Å². The van der Waals surface area contributed by atoms with Crippen molar-refractivity contribution in [2.24, 2.45) is 11.8 Å². The molecule has 4 heteroatoms. The molecule has 0 N–H and O–H groups in total. The molecule has 0 saturated heterocycles. The molecule has 1 saturated carbocycles. The van der Waals surface area contributed by atoms with Gasteiger partial charge in [0, 0.05) is 12.3 Å². The average Bonchev–Trinajstić information content (AvgIpc) is 2.25. The quantitative estimate of drug-likeness (QED) is 0.674. The number of carbonyl (C=O) groups is 1. The van der Waals surface area contributed by atoms with Crippen LogP contribution in [0.25, 0.3) is 0 Å². The molecule has 1 fully saturated rings. The lowest BCUT2D eigenvalue weighted by molar-refractivity contribution is -0.184. The van der Waals surface area contributed by atoms with Gasteiger partial charge in [0.1, 0.15) is 5.78 Å². The van der Waals surface area contributed by atoms with Gasteiger partial charge in [-0.05, 0) is 32.1 Å². The van der Waals surface area contributed by atoms with Crippen LogP contribution in [0.3, 0.4) is 0 Å². The topological polar surface area (TPSA) is 17.1 Å². The molecule has 1 rings (SSSR count). The van der Waals surface area contributed by atoms with E-state index in [2.05, 4.69) is 6.58 Å². The minimum absolute atomic E-state index is 0.0977. The van der Waals surface area contributed by atoms with Crippen LogP contribution in [0.1, 0.15) is 38.5 Å². The highest BCUT2D eigenvalue weighted by molar-refractivity contribution is 5.81. The fourth-order valence-corrected chi connectivity index (χ4v) is 2.19. The van der Waals surface area contributed by atoms with Crippen LogP contribution >= 0.6 is 0 Å². The summed E-state index contributed by atoms with van der Waals surface area (Å²) in [6, 6.07) is 0. The highest BCUT2D eigenvalue weighted by atomic mass is 19.4. The molecule has 0 bridgehead atoms. The first-order valence-electron chi connectivity index (χ1n) is 5.65. The summed E-state index contributed by atoms with van der Waals surface area (Å²) in [7, 11) is 0. The summed E-state index contributed by atoms with van der Waals surface area (Å²) >= 11 is 0. The van der Waals surface area contributed by atoms with Gasteiger partial charge in [-0.1, -0.05) is 6.08 Å². The maximum absolute atomic E-state index is 12.4. The van der Waals surface area contributed by atoms with Crippen LogP contribution in [0.4, 0.5) is 13.2 Å². The molecule has 0 unspecified atom stereocenters. The highest BCUT2D eigenvalue weighted by Gasteiger charge is 2.42. The summed E-state index contributed by atoms with van der Waals surface area (Å²) in [5.74, 6) is -1.25. The Balaban J connectivity index is 2.37. The third-order valence-electron chi connectivity index (χ3n) is 3.24. The van der Waals surface area contributed by atoms with Crippen LogP contribution in [-0.4, -0.2) is 12.0 Å². The van der Waals surface area contributed by atoms with Gasteiger partial charge in [-0.25, -0.2) is 0 Å². The zero-order valence-electron chi connectivity index (χ0n) is 9.22. The maximum Gasteiger partial charge on any atom is 0.391 e. The third kappa shape index (κ3) is 3.65. The van der Waals surface area contributed by atoms with Gasteiger partial charge in [-0.2, -0.15) is 13.2 Å². The standard InChI is InChI=1S/C12H17F3O/c1-2-3-4-11(16)9-5-7-10(8-6-9)12(13,14)15/h2,9-10H,1,3-8H2. The first kappa shape index (κ1) is 13.3. The lowest BCUT2D eigenvalue weighted by atomic mass is 9.79. The molecule has 0 spiro atoms. The van der Waals surface area contributed by atoms with Crippen LogP contribution in [0, 0.1) is 11.8 Å². The van der Waals surface area contributed by atoms with E-state index in [4.69, 9.17) is 0 Å². The number of halogens is 3. The van der Waals surface area contributed by atoms with Crippen LogP contribution in [0.15, 0.2) is 12.7 Å². The van der Waals surface area contributed by atoms with Crippen LogP contribution in [0.5, 0.6) is 0 Å². The molecule has 1 aliphatic rings. The molecule has 0 heterocycles. The fourth-order valence-electron chi connectivity index (χ4n) is 2.19. The van der Waals surface area contributed by atoms with E-state index in [-0.39, 0.29) is 24.5 Å². The predicted octanol–water partition coefficient (Wildman–Crippen LogP) is 3.89. The van der Waals surface area contributed by atoms with E-state index in [0.29, 0.717) is 25.7 Å². The van der Waals surface area contributed by atoms with Gasteiger partial charge < -0.3 is 0 Å². The Morgan fingerprint density at radius 2 is 1.81 bits per heavy atom. The summed E-state index contributed by atoms with van der Waals surface area (Å²) < 4.78 is 37.1. The minimum atomic E-state index is -4.09. The second-order valence-corrected chi connectivity index (χ2v) is 4.38. The number of Topliss-reactive ketones (excluding diaryl/α,β-unsaturated/α-hetero) is 1. The average molecular weight is 234 g/mol. The molecule has 1 nitrogen and oxygen atoms in total. The number of rotatable bonds is 4.